The third-order valence-corrected chi connectivity index (χ3v) is 5.82. The molecule has 0 aliphatic heterocycles. The number of rotatable bonds is 10. The number of para-hydroxylation sites is 1. The van der Waals surface area contributed by atoms with E-state index in [1.807, 2.05) is 49.6 Å². The zero-order valence-electron chi connectivity index (χ0n) is 17.0. The fourth-order valence-corrected chi connectivity index (χ4v) is 3.70. The Labute approximate surface area is 185 Å². The van der Waals surface area contributed by atoms with E-state index >= 15 is 0 Å². The van der Waals surface area contributed by atoms with Crippen molar-refractivity contribution in [2.24, 2.45) is 0 Å². The maximum absolute atomic E-state index is 12.9. The number of nitrogens with one attached hydrogen (secondary N) is 1. The van der Waals surface area contributed by atoms with Crippen molar-refractivity contribution in [3.05, 3.63) is 64.1 Å². The number of aryl methyl sites for hydroxylation is 1. The number of amides is 2. The van der Waals surface area contributed by atoms with Gasteiger partial charge in [0.15, 0.2) is 0 Å². The van der Waals surface area contributed by atoms with E-state index in [4.69, 9.17) is 4.74 Å². The molecule has 0 saturated heterocycles. The average molecular weight is 479 g/mol. The quantitative estimate of drug-likeness (QED) is 0.557. The topological polar surface area (TPSA) is 58.6 Å². The molecule has 29 heavy (non-hydrogen) atoms. The van der Waals surface area contributed by atoms with Gasteiger partial charge in [-0.1, -0.05) is 30.3 Å². The first kappa shape index (κ1) is 23.3. The van der Waals surface area contributed by atoms with Crippen LogP contribution >= 0.6 is 27.7 Å². The van der Waals surface area contributed by atoms with Crippen LogP contribution in [0.2, 0.25) is 0 Å². The SMILES string of the molecule is CSCCC(NC(=O)c1ccccc1Br)C(=O)N(C)CCOc1ccccc1C. The van der Waals surface area contributed by atoms with Gasteiger partial charge >= 0.3 is 0 Å². The lowest BCUT2D eigenvalue weighted by Crippen LogP contribution is -2.48. The molecule has 2 aromatic carbocycles. The summed E-state index contributed by atoms with van der Waals surface area (Å²) in [6.07, 6.45) is 2.55. The van der Waals surface area contributed by atoms with Crippen LogP contribution in [0.15, 0.2) is 53.0 Å². The number of nitrogens with zero attached hydrogens (tertiary/aromatic N) is 1. The number of hydrogen-bond donors (Lipinski definition) is 1. The molecule has 1 atom stereocenters. The van der Waals surface area contributed by atoms with Gasteiger partial charge in [0.1, 0.15) is 18.4 Å². The van der Waals surface area contributed by atoms with E-state index in [-0.39, 0.29) is 11.8 Å². The van der Waals surface area contributed by atoms with E-state index in [1.165, 1.54) is 0 Å². The Balaban J connectivity index is 1.96. The molecular weight excluding hydrogens is 452 g/mol. The van der Waals surface area contributed by atoms with E-state index < -0.39 is 6.04 Å². The molecule has 7 heteroatoms. The van der Waals surface area contributed by atoms with Crippen LogP contribution in [0.5, 0.6) is 5.75 Å². The number of carbonyl (C=O) groups is 2. The van der Waals surface area contributed by atoms with E-state index in [0.29, 0.717) is 29.6 Å². The Kier molecular flexibility index (Phi) is 9.54. The molecular formula is C22H27BrN2O3S. The van der Waals surface area contributed by atoms with Gasteiger partial charge in [0.2, 0.25) is 5.91 Å². The normalized spacial score (nSPS) is 11.6. The van der Waals surface area contributed by atoms with Gasteiger partial charge in [-0.25, -0.2) is 0 Å². The smallest absolute Gasteiger partial charge is 0.253 e. The molecule has 156 valence electrons. The lowest BCUT2D eigenvalue weighted by atomic mass is 10.1. The van der Waals surface area contributed by atoms with Crippen molar-refractivity contribution in [1.29, 1.82) is 0 Å². The summed E-state index contributed by atoms with van der Waals surface area (Å²) in [5.41, 5.74) is 1.57. The molecule has 1 N–H and O–H groups in total. The molecule has 0 heterocycles. The second kappa shape index (κ2) is 11.9. The Hall–Kier alpha value is -1.99. The standard InChI is InChI=1S/C22H27BrN2O3S/c1-16-8-4-7-11-20(16)28-14-13-25(2)22(27)19(12-15-29-3)24-21(26)17-9-5-6-10-18(17)23/h4-11,19H,12-15H2,1-3H3,(H,24,26). The lowest BCUT2D eigenvalue weighted by molar-refractivity contribution is -0.132. The third kappa shape index (κ3) is 7.08. The largest absolute Gasteiger partial charge is 0.491 e. The Morgan fingerprint density at radius 2 is 1.86 bits per heavy atom. The van der Waals surface area contributed by atoms with E-state index in [0.717, 1.165) is 17.1 Å². The van der Waals surface area contributed by atoms with Crippen molar-refractivity contribution in [2.75, 3.05) is 32.2 Å². The first-order chi connectivity index (χ1) is 13.9. The summed E-state index contributed by atoms with van der Waals surface area (Å²) in [6, 6.07) is 14.4. The van der Waals surface area contributed by atoms with Crippen molar-refractivity contribution in [3.63, 3.8) is 0 Å². The Bertz CT molecular complexity index is 831. The van der Waals surface area contributed by atoms with Gasteiger partial charge in [-0.3, -0.25) is 9.59 Å². The number of thioether (sulfide) groups is 1. The minimum Gasteiger partial charge on any atom is -0.491 e. The van der Waals surface area contributed by atoms with Gasteiger partial charge in [0.25, 0.3) is 5.91 Å². The minimum atomic E-state index is -0.578. The molecule has 2 rings (SSSR count). The zero-order valence-corrected chi connectivity index (χ0v) is 19.4. The number of carbonyl (C=O) groups excluding carboxylic acids is 2. The molecule has 0 radical (unpaired) electrons. The number of halogens is 1. The molecule has 0 saturated carbocycles. The second-order valence-electron chi connectivity index (χ2n) is 6.66. The monoisotopic (exact) mass is 478 g/mol. The van der Waals surface area contributed by atoms with Gasteiger partial charge < -0.3 is 15.0 Å². The van der Waals surface area contributed by atoms with Crippen molar-refractivity contribution < 1.29 is 14.3 Å². The maximum Gasteiger partial charge on any atom is 0.253 e. The number of hydrogen-bond acceptors (Lipinski definition) is 4. The number of benzene rings is 2. The Morgan fingerprint density at radius 1 is 1.17 bits per heavy atom. The van der Waals surface area contributed by atoms with Gasteiger partial charge in [-0.2, -0.15) is 11.8 Å². The van der Waals surface area contributed by atoms with Gasteiger partial charge in [0, 0.05) is 11.5 Å². The average Bonchev–Trinajstić information content (AvgIpc) is 2.72. The van der Waals surface area contributed by atoms with Crippen LogP contribution in [0.25, 0.3) is 0 Å². The summed E-state index contributed by atoms with van der Waals surface area (Å²) in [4.78, 5) is 27.2. The highest BCUT2D eigenvalue weighted by Gasteiger charge is 2.24. The highest BCUT2D eigenvalue weighted by atomic mass is 79.9. The van der Waals surface area contributed by atoms with Gasteiger partial charge in [0.05, 0.1) is 12.1 Å². The van der Waals surface area contributed by atoms with Crippen LogP contribution in [-0.2, 0) is 4.79 Å². The van der Waals surface area contributed by atoms with Crippen molar-refractivity contribution in [1.82, 2.24) is 10.2 Å². The summed E-state index contributed by atoms with van der Waals surface area (Å²) in [5, 5.41) is 2.89. The molecule has 2 amide bonds. The maximum atomic E-state index is 12.9. The highest BCUT2D eigenvalue weighted by Crippen LogP contribution is 2.17. The van der Waals surface area contributed by atoms with Crippen molar-refractivity contribution >= 4 is 39.5 Å². The van der Waals surface area contributed by atoms with Crippen LogP contribution in [0, 0.1) is 6.92 Å². The Morgan fingerprint density at radius 3 is 2.55 bits per heavy atom. The first-order valence-electron chi connectivity index (χ1n) is 9.41. The lowest BCUT2D eigenvalue weighted by Gasteiger charge is -2.25. The molecule has 2 aromatic rings. The predicted octanol–water partition coefficient (Wildman–Crippen LogP) is 4.15. The molecule has 0 bridgehead atoms. The van der Waals surface area contributed by atoms with Crippen LogP contribution in [0.4, 0.5) is 0 Å². The minimum absolute atomic E-state index is 0.118. The van der Waals surface area contributed by atoms with Crippen LogP contribution in [-0.4, -0.2) is 55.0 Å². The molecule has 0 aliphatic carbocycles. The fourth-order valence-electron chi connectivity index (χ4n) is 2.76. The molecule has 0 aromatic heterocycles. The third-order valence-electron chi connectivity index (χ3n) is 4.49. The first-order valence-corrected chi connectivity index (χ1v) is 11.6. The molecule has 5 nitrogen and oxygen atoms in total. The highest BCUT2D eigenvalue weighted by molar-refractivity contribution is 9.10. The van der Waals surface area contributed by atoms with E-state index in [2.05, 4.69) is 21.2 Å². The molecule has 0 spiro atoms. The second-order valence-corrected chi connectivity index (χ2v) is 8.50. The molecule has 0 fully saturated rings. The van der Waals surface area contributed by atoms with Crippen molar-refractivity contribution in [3.8, 4) is 5.75 Å². The zero-order chi connectivity index (χ0) is 21.2. The number of likely N-dealkylation sites (N-methyl/N-ethyl adjacent to an activating group) is 1. The van der Waals surface area contributed by atoms with Crippen LogP contribution in [0.1, 0.15) is 22.3 Å². The van der Waals surface area contributed by atoms with Crippen LogP contribution in [0.3, 0.4) is 0 Å². The van der Waals surface area contributed by atoms with Crippen molar-refractivity contribution in [2.45, 2.75) is 19.4 Å². The fraction of sp³-hybridized carbons (Fsp3) is 0.364. The van der Waals surface area contributed by atoms with E-state index in [9.17, 15) is 9.59 Å². The summed E-state index contributed by atoms with van der Waals surface area (Å²) >= 11 is 5.04. The summed E-state index contributed by atoms with van der Waals surface area (Å²) in [5.74, 6) is 1.21. The van der Waals surface area contributed by atoms with E-state index in [1.54, 1.807) is 35.8 Å². The van der Waals surface area contributed by atoms with Gasteiger partial charge in [-0.15, -0.1) is 0 Å². The summed E-state index contributed by atoms with van der Waals surface area (Å²) in [6.45, 7) is 2.81. The molecule has 1 unspecified atom stereocenters. The van der Waals surface area contributed by atoms with Crippen LogP contribution < -0.4 is 10.1 Å². The predicted molar refractivity (Wildman–Crippen MR) is 123 cm³/mol. The summed E-state index contributed by atoms with van der Waals surface area (Å²) < 4.78 is 6.50. The number of ether oxygens (including phenoxy) is 1. The summed E-state index contributed by atoms with van der Waals surface area (Å²) in [7, 11) is 1.74. The molecule has 0 aliphatic rings. The van der Waals surface area contributed by atoms with Gasteiger partial charge in [-0.05, 0) is 65.0 Å².